The number of hydrogen-bond donors (Lipinski definition) is 2. The van der Waals surface area contributed by atoms with Gasteiger partial charge in [0.15, 0.2) is 0 Å². The molecule has 0 aliphatic heterocycles. The molecule has 0 saturated carbocycles. The molecule has 4 nitrogen and oxygen atoms in total. The second-order valence-electron chi connectivity index (χ2n) is 4.75. The maximum atomic E-state index is 11.3. The van der Waals surface area contributed by atoms with Crippen LogP contribution in [0, 0.1) is 0 Å². The lowest BCUT2D eigenvalue weighted by Crippen LogP contribution is -2.39. The number of hydrogen-bond acceptors (Lipinski definition) is 3. The Labute approximate surface area is 92.6 Å². The van der Waals surface area contributed by atoms with E-state index in [9.17, 15) is 4.79 Å². The van der Waals surface area contributed by atoms with Crippen LogP contribution in [0.25, 0.3) is 0 Å². The topological polar surface area (TPSA) is 64.3 Å². The molecule has 0 rings (SSSR count). The molecule has 3 N–H and O–H groups in total. The molecule has 0 saturated heterocycles. The average molecular weight is 216 g/mol. The minimum absolute atomic E-state index is 0.0496. The first kappa shape index (κ1) is 14.4. The number of amides is 1. The Morgan fingerprint density at radius 3 is 2.53 bits per heavy atom. The van der Waals surface area contributed by atoms with E-state index in [-0.39, 0.29) is 24.2 Å². The van der Waals surface area contributed by atoms with Crippen LogP contribution >= 0.6 is 0 Å². The van der Waals surface area contributed by atoms with E-state index >= 15 is 0 Å². The Hall–Kier alpha value is -0.610. The highest BCUT2D eigenvalue weighted by Crippen LogP contribution is 2.05. The van der Waals surface area contributed by atoms with Crippen molar-refractivity contribution < 1.29 is 9.53 Å². The molecule has 90 valence electrons. The van der Waals surface area contributed by atoms with Crippen LogP contribution in [0.2, 0.25) is 0 Å². The summed E-state index contributed by atoms with van der Waals surface area (Å²) in [5.74, 6) is -0.100. The van der Waals surface area contributed by atoms with Gasteiger partial charge in [-0.15, -0.1) is 0 Å². The van der Waals surface area contributed by atoms with Crippen LogP contribution in [0.5, 0.6) is 0 Å². The Kier molecular flexibility index (Phi) is 6.52. The summed E-state index contributed by atoms with van der Waals surface area (Å²) in [4.78, 5) is 11.3. The number of nitrogens with two attached hydrogens (primary N) is 1. The Morgan fingerprint density at radius 1 is 1.47 bits per heavy atom. The molecule has 0 aliphatic rings. The first-order valence-electron chi connectivity index (χ1n) is 5.51. The maximum Gasteiger partial charge on any atom is 0.246 e. The van der Waals surface area contributed by atoms with Crippen molar-refractivity contribution in [2.75, 3.05) is 13.2 Å². The van der Waals surface area contributed by atoms with E-state index in [2.05, 4.69) is 12.2 Å². The summed E-state index contributed by atoms with van der Waals surface area (Å²) in [6.45, 7) is 8.46. The van der Waals surface area contributed by atoms with Crippen LogP contribution in [0.3, 0.4) is 0 Å². The zero-order valence-electron chi connectivity index (χ0n) is 10.3. The SMILES string of the molecule is CCCC(N)CNC(=O)COC(C)(C)C. The minimum atomic E-state index is -0.275. The van der Waals surface area contributed by atoms with Crippen LogP contribution in [-0.2, 0) is 9.53 Å². The van der Waals surface area contributed by atoms with Crippen LogP contribution in [-0.4, -0.2) is 30.7 Å². The quantitative estimate of drug-likeness (QED) is 0.697. The summed E-state index contributed by atoms with van der Waals surface area (Å²) in [7, 11) is 0. The molecule has 0 heterocycles. The molecule has 1 atom stereocenters. The lowest BCUT2D eigenvalue weighted by Gasteiger charge is -2.19. The van der Waals surface area contributed by atoms with Crippen molar-refractivity contribution in [3.05, 3.63) is 0 Å². The van der Waals surface area contributed by atoms with Crippen molar-refractivity contribution in [3.8, 4) is 0 Å². The number of carbonyl (C=O) groups excluding carboxylic acids is 1. The lowest BCUT2D eigenvalue weighted by molar-refractivity contribution is -0.130. The number of ether oxygens (including phenoxy) is 1. The van der Waals surface area contributed by atoms with Crippen LogP contribution < -0.4 is 11.1 Å². The molecule has 1 unspecified atom stereocenters. The number of nitrogens with one attached hydrogen (secondary N) is 1. The van der Waals surface area contributed by atoms with Gasteiger partial charge in [0.2, 0.25) is 5.91 Å². The van der Waals surface area contributed by atoms with E-state index in [4.69, 9.17) is 10.5 Å². The molecule has 0 aromatic rings. The third-order valence-corrected chi connectivity index (χ3v) is 1.86. The molecule has 0 spiro atoms. The second kappa shape index (κ2) is 6.80. The first-order valence-corrected chi connectivity index (χ1v) is 5.51. The third kappa shape index (κ3) is 9.69. The van der Waals surface area contributed by atoms with Gasteiger partial charge >= 0.3 is 0 Å². The van der Waals surface area contributed by atoms with Gasteiger partial charge in [-0.25, -0.2) is 0 Å². The minimum Gasteiger partial charge on any atom is -0.366 e. The normalized spacial score (nSPS) is 13.7. The largest absolute Gasteiger partial charge is 0.366 e. The second-order valence-corrected chi connectivity index (χ2v) is 4.75. The number of carbonyl (C=O) groups is 1. The number of rotatable bonds is 6. The zero-order valence-corrected chi connectivity index (χ0v) is 10.3. The van der Waals surface area contributed by atoms with Gasteiger partial charge in [0.1, 0.15) is 6.61 Å². The van der Waals surface area contributed by atoms with Gasteiger partial charge in [-0.2, -0.15) is 0 Å². The predicted molar refractivity (Wildman–Crippen MR) is 61.6 cm³/mol. The lowest BCUT2D eigenvalue weighted by atomic mass is 10.2. The molecule has 4 heteroatoms. The Bertz CT molecular complexity index is 188. The molecule has 0 bridgehead atoms. The Balaban J connectivity index is 3.58. The highest BCUT2D eigenvalue weighted by molar-refractivity contribution is 5.77. The Morgan fingerprint density at radius 2 is 2.07 bits per heavy atom. The molecule has 15 heavy (non-hydrogen) atoms. The van der Waals surface area contributed by atoms with Gasteiger partial charge in [-0.1, -0.05) is 13.3 Å². The van der Waals surface area contributed by atoms with E-state index in [1.807, 2.05) is 20.8 Å². The summed E-state index contributed by atoms with van der Waals surface area (Å²) >= 11 is 0. The van der Waals surface area contributed by atoms with Crippen LogP contribution in [0.15, 0.2) is 0 Å². The summed E-state index contributed by atoms with van der Waals surface area (Å²) in [5, 5.41) is 2.75. The summed E-state index contributed by atoms with van der Waals surface area (Å²) in [6.07, 6.45) is 1.97. The highest BCUT2D eigenvalue weighted by atomic mass is 16.5. The van der Waals surface area contributed by atoms with Crippen molar-refractivity contribution in [2.24, 2.45) is 5.73 Å². The van der Waals surface area contributed by atoms with Crippen molar-refractivity contribution in [3.63, 3.8) is 0 Å². The van der Waals surface area contributed by atoms with E-state index in [0.29, 0.717) is 6.54 Å². The van der Waals surface area contributed by atoms with Gasteiger partial charge in [-0.05, 0) is 27.2 Å². The fourth-order valence-electron chi connectivity index (χ4n) is 1.05. The van der Waals surface area contributed by atoms with E-state index < -0.39 is 0 Å². The van der Waals surface area contributed by atoms with Crippen molar-refractivity contribution in [1.82, 2.24) is 5.32 Å². The van der Waals surface area contributed by atoms with Gasteiger partial charge in [0.05, 0.1) is 5.60 Å². The molecule has 0 fully saturated rings. The van der Waals surface area contributed by atoms with E-state index in [1.165, 1.54) is 0 Å². The molecular weight excluding hydrogens is 192 g/mol. The summed E-state index contributed by atoms with van der Waals surface area (Å²) in [5.41, 5.74) is 5.48. The van der Waals surface area contributed by atoms with Crippen molar-refractivity contribution in [2.45, 2.75) is 52.2 Å². The molecule has 0 aromatic carbocycles. The van der Waals surface area contributed by atoms with Gasteiger partial charge < -0.3 is 15.8 Å². The highest BCUT2D eigenvalue weighted by Gasteiger charge is 2.13. The molecule has 1 amide bonds. The molecular formula is C11H24N2O2. The van der Waals surface area contributed by atoms with Crippen molar-refractivity contribution in [1.29, 1.82) is 0 Å². The zero-order chi connectivity index (χ0) is 11.9. The molecule has 0 aliphatic carbocycles. The van der Waals surface area contributed by atoms with Crippen molar-refractivity contribution >= 4 is 5.91 Å². The van der Waals surface area contributed by atoms with Gasteiger partial charge in [0, 0.05) is 12.6 Å². The fourth-order valence-corrected chi connectivity index (χ4v) is 1.05. The summed E-state index contributed by atoms with van der Waals surface area (Å²) in [6, 6.07) is 0.0496. The molecule has 0 aromatic heterocycles. The standard InChI is InChI=1S/C11H24N2O2/c1-5-6-9(12)7-13-10(14)8-15-11(2,3)4/h9H,5-8,12H2,1-4H3,(H,13,14). The third-order valence-electron chi connectivity index (χ3n) is 1.86. The summed E-state index contributed by atoms with van der Waals surface area (Å²) < 4.78 is 5.33. The smallest absolute Gasteiger partial charge is 0.246 e. The fraction of sp³-hybridized carbons (Fsp3) is 0.909. The van der Waals surface area contributed by atoms with Gasteiger partial charge in [-0.3, -0.25) is 4.79 Å². The van der Waals surface area contributed by atoms with Crippen LogP contribution in [0.4, 0.5) is 0 Å². The van der Waals surface area contributed by atoms with Gasteiger partial charge in [0.25, 0.3) is 0 Å². The predicted octanol–water partition coefficient (Wildman–Crippen LogP) is 1.05. The maximum absolute atomic E-state index is 11.3. The van der Waals surface area contributed by atoms with E-state index in [1.54, 1.807) is 0 Å². The molecule has 0 radical (unpaired) electrons. The monoisotopic (exact) mass is 216 g/mol. The van der Waals surface area contributed by atoms with E-state index in [0.717, 1.165) is 12.8 Å². The first-order chi connectivity index (χ1) is 6.85. The van der Waals surface area contributed by atoms with Crippen LogP contribution in [0.1, 0.15) is 40.5 Å². The average Bonchev–Trinajstić information content (AvgIpc) is 2.11.